The molecule has 0 amide bonds. The van der Waals surface area contributed by atoms with Gasteiger partial charge in [0.05, 0.1) is 10.6 Å². The molecule has 0 saturated carbocycles. The largest absolute Gasteiger partial charge is 0.477 e. The van der Waals surface area contributed by atoms with E-state index in [2.05, 4.69) is 21.2 Å². The van der Waals surface area contributed by atoms with Crippen molar-refractivity contribution >= 4 is 39.0 Å². The second-order valence-corrected chi connectivity index (χ2v) is 4.96. The van der Waals surface area contributed by atoms with Crippen LogP contribution < -0.4 is 5.32 Å². The van der Waals surface area contributed by atoms with Crippen LogP contribution in [0, 0.1) is 15.9 Å². The minimum atomic E-state index is -1.43. The van der Waals surface area contributed by atoms with Crippen molar-refractivity contribution in [2.75, 3.05) is 5.32 Å². The van der Waals surface area contributed by atoms with Crippen LogP contribution in [0.1, 0.15) is 10.4 Å². The average Bonchev–Trinajstić information content (AvgIpc) is 2.41. The number of nitro groups is 1. The summed E-state index contributed by atoms with van der Waals surface area (Å²) < 4.78 is 14.2. The summed E-state index contributed by atoms with van der Waals surface area (Å²) in [6.45, 7) is 0. The summed E-state index contributed by atoms with van der Waals surface area (Å²) in [6, 6.07) is 7.76. The number of benzene rings is 2. The molecule has 0 heterocycles. The number of nitro benzene ring substituents is 1. The normalized spacial score (nSPS) is 10.2. The molecule has 0 bridgehead atoms. The molecule has 0 aromatic heterocycles. The summed E-state index contributed by atoms with van der Waals surface area (Å²) in [5, 5.41) is 22.4. The van der Waals surface area contributed by atoms with Gasteiger partial charge in [0.2, 0.25) is 0 Å². The third-order valence-corrected chi connectivity index (χ3v) is 3.13. The van der Waals surface area contributed by atoms with Crippen LogP contribution in [0.4, 0.5) is 21.5 Å². The summed E-state index contributed by atoms with van der Waals surface area (Å²) in [5.74, 6) is -1.97. The SMILES string of the molecule is O=C(O)c1cc(Nc2ccc(Br)cc2F)ccc1[N+](=O)[O-]. The predicted molar refractivity (Wildman–Crippen MR) is 77.4 cm³/mol. The van der Waals surface area contributed by atoms with Crippen molar-refractivity contribution in [1.29, 1.82) is 0 Å². The Morgan fingerprint density at radius 1 is 1.29 bits per heavy atom. The number of rotatable bonds is 4. The quantitative estimate of drug-likeness (QED) is 0.640. The Bertz CT molecular complexity index is 736. The zero-order valence-corrected chi connectivity index (χ0v) is 11.9. The molecule has 0 radical (unpaired) electrons. The molecule has 0 saturated heterocycles. The number of carboxylic acid groups (broad SMARTS) is 1. The summed E-state index contributed by atoms with van der Waals surface area (Å²) in [6.07, 6.45) is 0. The number of carboxylic acids is 1. The first-order valence-corrected chi connectivity index (χ1v) is 6.41. The predicted octanol–water partition coefficient (Wildman–Crippen LogP) is 3.94. The number of hydrogen-bond acceptors (Lipinski definition) is 4. The van der Waals surface area contributed by atoms with Crippen LogP contribution in [-0.2, 0) is 0 Å². The van der Waals surface area contributed by atoms with E-state index in [9.17, 15) is 19.3 Å². The van der Waals surface area contributed by atoms with E-state index >= 15 is 0 Å². The Morgan fingerprint density at radius 2 is 2.00 bits per heavy atom. The first kappa shape index (κ1) is 14.9. The zero-order chi connectivity index (χ0) is 15.6. The summed E-state index contributed by atoms with van der Waals surface area (Å²) in [4.78, 5) is 21.0. The third-order valence-electron chi connectivity index (χ3n) is 2.63. The van der Waals surface area contributed by atoms with Gasteiger partial charge < -0.3 is 10.4 Å². The fraction of sp³-hybridized carbons (Fsp3) is 0. The Labute approximate surface area is 126 Å². The summed E-state index contributed by atoms with van der Waals surface area (Å²) >= 11 is 3.12. The van der Waals surface area contributed by atoms with E-state index < -0.39 is 28.0 Å². The van der Waals surface area contributed by atoms with E-state index in [1.807, 2.05) is 0 Å². The third kappa shape index (κ3) is 3.34. The van der Waals surface area contributed by atoms with Gasteiger partial charge in [0.1, 0.15) is 11.4 Å². The van der Waals surface area contributed by atoms with Crippen molar-refractivity contribution < 1.29 is 19.2 Å². The minimum Gasteiger partial charge on any atom is -0.477 e. The van der Waals surface area contributed by atoms with Gasteiger partial charge in [-0.3, -0.25) is 10.1 Å². The van der Waals surface area contributed by atoms with E-state index in [0.717, 1.165) is 12.1 Å². The number of nitrogens with zero attached hydrogens (tertiary/aromatic N) is 1. The maximum Gasteiger partial charge on any atom is 0.342 e. The van der Waals surface area contributed by atoms with E-state index in [1.54, 1.807) is 6.07 Å². The number of hydrogen-bond donors (Lipinski definition) is 2. The van der Waals surface area contributed by atoms with Crippen LogP contribution in [0.15, 0.2) is 40.9 Å². The molecule has 0 unspecified atom stereocenters. The molecule has 2 N–H and O–H groups in total. The highest BCUT2D eigenvalue weighted by atomic mass is 79.9. The molecule has 2 rings (SSSR count). The lowest BCUT2D eigenvalue weighted by Crippen LogP contribution is -2.04. The van der Waals surface area contributed by atoms with Crippen LogP contribution in [0.5, 0.6) is 0 Å². The lowest BCUT2D eigenvalue weighted by atomic mass is 10.1. The molecule has 2 aromatic rings. The van der Waals surface area contributed by atoms with E-state index in [4.69, 9.17) is 5.11 Å². The fourth-order valence-electron chi connectivity index (χ4n) is 1.69. The Balaban J connectivity index is 2.39. The summed E-state index contributed by atoms with van der Waals surface area (Å²) in [5.41, 5.74) is -0.630. The standard InChI is InChI=1S/C13H8BrFN2O4/c14-7-1-3-11(10(15)5-7)16-8-2-4-12(17(20)21)9(6-8)13(18)19/h1-6,16H,(H,18,19). The molecular formula is C13H8BrFN2O4. The van der Waals surface area contributed by atoms with Crippen LogP contribution in [0.3, 0.4) is 0 Å². The molecule has 21 heavy (non-hydrogen) atoms. The molecule has 8 heteroatoms. The second kappa shape index (κ2) is 5.88. The van der Waals surface area contributed by atoms with Crippen molar-refractivity contribution in [2.24, 2.45) is 0 Å². The van der Waals surface area contributed by atoms with Gasteiger partial charge in [-0.05, 0) is 30.3 Å². The van der Waals surface area contributed by atoms with Crippen molar-refractivity contribution in [3.05, 3.63) is 62.4 Å². The highest BCUT2D eigenvalue weighted by Crippen LogP contribution is 2.27. The highest BCUT2D eigenvalue weighted by molar-refractivity contribution is 9.10. The minimum absolute atomic E-state index is 0.128. The zero-order valence-electron chi connectivity index (χ0n) is 10.3. The van der Waals surface area contributed by atoms with Crippen LogP contribution >= 0.6 is 15.9 Å². The molecule has 108 valence electrons. The monoisotopic (exact) mass is 354 g/mol. The van der Waals surface area contributed by atoms with Gasteiger partial charge in [-0.1, -0.05) is 15.9 Å². The molecule has 0 spiro atoms. The van der Waals surface area contributed by atoms with Crippen molar-refractivity contribution in [3.8, 4) is 0 Å². The van der Waals surface area contributed by atoms with Gasteiger partial charge in [0, 0.05) is 16.2 Å². The Morgan fingerprint density at radius 3 is 2.57 bits per heavy atom. The number of anilines is 2. The molecule has 0 fully saturated rings. The maximum atomic E-state index is 13.7. The lowest BCUT2D eigenvalue weighted by molar-refractivity contribution is -0.385. The van der Waals surface area contributed by atoms with Gasteiger partial charge in [-0.25, -0.2) is 9.18 Å². The van der Waals surface area contributed by atoms with Crippen LogP contribution in [0.2, 0.25) is 0 Å². The molecule has 6 nitrogen and oxygen atoms in total. The van der Waals surface area contributed by atoms with Gasteiger partial charge in [-0.15, -0.1) is 0 Å². The number of halogens is 2. The smallest absolute Gasteiger partial charge is 0.342 e. The average molecular weight is 355 g/mol. The number of aromatic carboxylic acids is 1. The topological polar surface area (TPSA) is 92.5 Å². The van der Waals surface area contributed by atoms with Crippen LogP contribution in [-0.4, -0.2) is 16.0 Å². The fourth-order valence-corrected chi connectivity index (χ4v) is 2.02. The van der Waals surface area contributed by atoms with E-state index in [1.165, 1.54) is 18.2 Å². The molecule has 0 atom stereocenters. The van der Waals surface area contributed by atoms with Crippen molar-refractivity contribution in [1.82, 2.24) is 0 Å². The number of carbonyl (C=O) groups is 1. The molecule has 0 aliphatic rings. The molecule has 2 aromatic carbocycles. The lowest BCUT2D eigenvalue weighted by Gasteiger charge is -2.09. The van der Waals surface area contributed by atoms with Crippen molar-refractivity contribution in [3.63, 3.8) is 0 Å². The molecule has 0 aliphatic carbocycles. The Hall–Kier alpha value is -2.48. The second-order valence-electron chi connectivity index (χ2n) is 4.04. The van der Waals surface area contributed by atoms with E-state index in [-0.39, 0.29) is 11.4 Å². The van der Waals surface area contributed by atoms with Crippen molar-refractivity contribution in [2.45, 2.75) is 0 Å². The highest BCUT2D eigenvalue weighted by Gasteiger charge is 2.20. The van der Waals surface area contributed by atoms with Gasteiger partial charge in [-0.2, -0.15) is 0 Å². The molecular weight excluding hydrogens is 347 g/mol. The first-order valence-electron chi connectivity index (χ1n) is 5.62. The van der Waals surface area contributed by atoms with Gasteiger partial charge in [0.15, 0.2) is 0 Å². The Kier molecular flexibility index (Phi) is 4.18. The number of nitrogens with one attached hydrogen (secondary N) is 1. The first-order chi connectivity index (χ1) is 9.88. The van der Waals surface area contributed by atoms with Gasteiger partial charge >= 0.3 is 5.97 Å². The van der Waals surface area contributed by atoms with Gasteiger partial charge in [0.25, 0.3) is 5.69 Å². The maximum absolute atomic E-state index is 13.7. The molecule has 0 aliphatic heterocycles. The van der Waals surface area contributed by atoms with Crippen LogP contribution in [0.25, 0.3) is 0 Å². The summed E-state index contributed by atoms with van der Waals surface area (Å²) in [7, 11) is 0. The van der Waals surface area contributed by atoms with E-state index in [0.29, 0.717) is 4.47 Å².